The number of aliphatic carboxylic acids is 1. The van der Waals surface area contributed by atoms with Crippen molar-refractivity contribution < 1.29 is 19.4 Å². The molecule has 0 amide bonds. The number of carboxylic acids is 1. The maximum atomic E-state index is 10.8. The van der Waals surface area contributed by atoms with Crippen molar-refractivity contribution >= 4 is 5.97 Å². The van der Waals surface area contributed by atoms with Gasteiger partial charge in [0.15, 0.2) is 0 Å². The largest absolute Gasteiger partial charge is 0.481 e. The fourth-order valence-electron chi connectivity index (χ4n) is 1.27. The van der Waals surface area contributed by atoms with Gasteiger partial charge in [-0.2, -0.15) is 0 Å². The summed E-state index contributed by atoms with van der Waals surface area (Å²) in [6.45, 7) is 6.42. The second-order valence-electron chi connectivity index (χ2n) is 3.92. The van der Waals surface area contributed by atoms with Crippen LogP contribution in [0, 0.1) is 11.8 Å². The van der Waals surface area contributed by atoms with E-state index in [1.165, 1.54) is 0 Å². The van der Waals surface area contributed by atoms with E-state index in [4.69, 9.17) is 14.6 Å². The van der Waals surface area contributed by atoms with Crippen molar-refractivity contribution in [1.29, 1.82) is 0 Å². The Balaban J connectivity index is 4.26. The smallest absolute Gasteiger partial charge is 0.306 e. The summed E-state index contributed by atoms with van der Waals surface area (Å²) in [7, 11) is 1.57. The molecular formula is C12H22O4. The van der Waals surface area contributed by atoms with Crippen molar-refractivity contribution in [2.24, 2.45) is 11.8 Å². The molecule has 0 saturated heterocycles. The van der Waals surface area contributed by atoms with Crippen molar-refractivity contribution in [2.75, 3.05) is 20.5 Å². The van der Waals surface area contributed by atoms with Crippen LogP contribution in [0.3, 0.4) is 0 Å². The molecule has 4 nitrogen and oxygen atoms in total. The zero-order chi connectivity index (χ0) is 12.6. The summed E-state index contributed by atoms with van der Waals surface area (Å²) in [6, 6.07) is 0. The molecule has 0 aromatic carbocycles. The van der Waals surface area contributed by atoms with Gasteiger partial charge in [0.1, 0.15) is 6.79 Å². The molecule has 0 fully saturated rings. The number of carboxylic acid groups (broad SMARTS) is 1. The third-order valence-corrected chi connectivity index (χ3v) is 2.62. The maximum Gasteiger partial charge on any atom is 0.306 e. The number of ether oxygens (including phenoxy) is 2. The summed E-state index contributed by atoms with van der Waals surface area (Å²) in [5.41, 5.74) is 1.11. The minimum atomic E-state index is -0.767. The standard InChI is InChI=1S/C12H22O4/c1-5-11(7-16-8-15-4)6-9(2)10(3)12(13)14/h6,9-10H,5,7-8H2,1-4H3,(H,13,14)/b11-6+/t9-,10+/m1/s1. The Bertz CT molecular complexity index is 235. The molecule has 0 aliphatic heterocycles. The monoisotopic (exact) mass is 230 g/mol. The van der Waals surface area contributed by atoms with Crippen LogP contribution in [0.15, 0.2) is 11.6 Å². The summed E-state index contributed by atoms with van der Waals surface area (Å²) in [5.74, 6) is -1.13. The van der Waals surface area contributed by atoms with Gasteiger partial charge in [-0.1, -0.05) is 26.8 Å². The Morgan fingerprint density at radius 3 is 2.50 bits per heavy atom. The van der Waals surface area contributed by atoms with Crippen LogP contribution in [0.2, 0.25) is 0 Å². The molecule has 1 N–H and O–H groups in total. The van der Waals surface area contributed by atoms with Crippen molar-refractivity contribution in [3.8, 4) is 0 Å². The van der Waals surface area contributed by atoms with Crippen LogP contribution in [0.25, 0.3) is 0 Å². The summed E-state index contributed by atoms with van der Waals surface area (Å²) < 4.78 is 10.0. The molecule has 0 aromatic heterocycles. The van der Waals surface area contributed by atoms with Crippen LogP contribution >= 0.6 is 0 Å². The van der Waals surface area contributed by atoms with E-state index in [9.17, 15) is 4.79 Å². The van der Waals surface area contributed by atoms with Gasteiger partial charge in [-0.25, -0.2) is 0 Å². The molecule has 0 spiro atoms. The van der Waals surface area contributed by atoms with Gasteiger partial charge in [0, 0.05) is 7.11 Å². The molecule has 0 aromatic rings. The van der Waals surface area contributed by atoms with E-state index in [0.717, 1.165) is 12.0 Å². The molecule has 0 bridgehead atoms. The second kappa shape index (κ2) is 8.30. The lowest BCUT2D eigenvalue weighted by atomic mass is 9.93. The molecule has 0 unspecified atom stereocenters. The average molecular weight is 230 g/mol. The van der Waals surface area contributed by atoms with Gasteiger partial charge in [-0.15, -0.1) is 0 Å². The zero-order valence-corrected chi connectivity index (χ0v) is 10.5. The normalized spacial score (nSPS) is 15.9. The minimum Gasteiger partial charge on any atom is -0.481 e. The lowest BCUT2D eigenvalue weighted by molar-refractivity contribution is -0.142. The number of methoxy groups -OCH3 is 1. The highest BCUT2D eigenvalue weighted by Crippen LogP contribution is 2.16. The number of hydrogen-bond acceptors (Lipinski definition) is 3. The quantitative estimate of drug-likeness (QED) is 0.395. The third-order valence-electron chi connectivity index (χ3n) is 2.62. The molecule has 0 heterocycles. The summed E-state index contributed by atoms with van der Waals surface area (Å²) in [5, 5.41) is 8.87. The minimum absolute atomic E-state index is 0.0126. The van der Waals surface area contributed by atoms with E-state index < -0.39 is 5.97 Å². The van der Waals surface area contributed by atoms with Gasteiger partial charge in [0.05, 0.1) is 12.5 Å². The number of carbonyl (C=O) groups is 1. The van der Waals surface area contributed by atoms with E-state index >= 15 is 0 Å². The molecule has 0 saturated carbocycles. The Morgan fingerprint density at radius 1 is 1.44 bits per heavy atom. The average Bonchev–Trinajstić information content (AvgIpc) is 2.26. The Morgan fingerprint density at radius 2 is 2.06 bits per heavy atom. The Hall–Kier alpha value is -0.870. The predicted octanol–water partition coefficient (Wildman–Crippen LogP) is 2.30. The number of allylic oxidation sites excluding steroid dienone is 1. The molecule has 16 heavy (non-hydrogen) atoms. The van der Waals surface area contributed by atoms with E-state index in [1.807, 2.05) is 19.9 Å². The molecule has 0 rings (SSSR count). The number of hydrogen-bond donors (Lipinski definition) is 1. The Labute approximate surface area is 97.2 Å². The second-order valence-corrected chi connectivity index (χ2v) is 3.92. The highest BCUT2D eigenvalue weighted by Gasteiger charge is 2.17. The highest BCUT2D eigenvalue weighted by molar-refractivity contribution is 5.70. The van der Waals surface area contributed by atoms with Crippen LogP contribution < -0.4 is 0 Å². The van der Waals surface area contributed by atoms with Gasteiger partial charge in [0.25, 0.3) is 0 Å². The lowest BCUT2D eigenvalue weighted by Crippen LogP contribution is -2.17. The van der Waals surface area contributed by atoms with Crippen LogP contribution in [-0.2, 0) is 14.3 Å². The molecule has 94 valence electrons. The summed E-state index contributed by atoms with van der Waals surface area (Å²) in [6.07, 6.45) is 2.84. The van der Waals surface area contributed by atoms with Crippen LogP contribution in [0.4, 0.5) is 0 Å². The van der Waals surface area contributed by atoms with Gasteiger partial charge in [-0.3, -0.25) is 4.79 Å². The molecular weight excluding hydrogens is 208 g/mol. The Kier molecular flexibility index (Phi) is 7.85. The third kappa shape index (κ3) is 5.88. The van der Waals surface area contributed by atoms with E-state index in [2.05, 4.69) is 0 Å². The highest BCUT2D eigenvalue weighted by atomic mass is 16.7. The van der Waals surface area contributed by atoms with Crippen LogP contribution in [-0.4, -0.2) is 31.6 Å². The summed E-state index contributed by atoms with van der Waals surface area (Å²) in [4.78, 5) is 10.8. The van der Waals surface area contributed by atoms with Crippen molar-refractivity contribution in [2.45, 2.75) is 27.2 Å². The van der Waals surface area contributed by atoms with E-state index in [-0.39, 0.29) is 18.6 Å². The van der Waals surface area contributed by atoms with Crippen molar-refractivity contribution in [3.63, 3.8) is 0 Å². The zero-order valence-electron chi connectivity index (χ0n) is 10.5. The molecule has 4 heteroatoms. The first-order valence-corrected chi connectivity index (χ1v) is 5.51. The molecule has 2 atom stereocenters. The first kappa shape index (κ1) is 15.1. The first-order chi connectivity index (χ1) is 7.52. The first-order valence-electron chi connectivity index (χ1n) is 5.51. The van der Waals surface area contributed by atoms with Crippen molar-refractivity contribution in [1.82, 2.24) is 0 Å². The van der Waals surface area contributed by atoms with E-state index in [1.54, 1.807) is 14.0 Å². The SMILES string of the molecule is CC/C(=C\[C@@H](C)[C@H](C)C(=O)O)COCOC. The van der Waals surface area contributed by atoms with Crippen LogP contribution in [0.5, 0.6) is 0 Å². The topological polar surface area (TPSA) is 55.8 Å². The van der Waals surface area contributed by atoms with Gasteiger partial charge in [0.2, 0.25) is 0 Å². The molecule has 0 radical (unpaired) electrons. The van der Waals surface area contributed by atoms with E-state index in [0.29, 0.717) is 6.61 Å². The van der Waals surface area contributed by atoms with Gasteiger partial charge < -0.3 is 14.6 Å². The lowest BCUT2D eigenvalue weighted by Gasteiger charge is -2.14. The fraction of sp³-hybridized carbons (Fsp3) is 0.750. The maximum absolute atomic E-state index is 10.8. The van der Waals surface area contributed by atoms with Gasteiger partial charge >= 0.3 is 5.97 Å². The fourth-order valence-corrected chi connectivity index (χ4v) is 1.27. The molecule has 0 aliphatic rings. The molecule has 0 aliphatic carbocycles. The number of rotatable bonds is 8. The van der Waals surface area contributed by atoms with Gasteiger partial charge in [-0.05, 0) is 17.9 Å². The summed E-state index contributed by atoms with van der Waals surface area (Å²) >= 11 is 0. The van der Waals surface area contributed by atoms with Crippen molar-refractivity contribution in [3.05, 3.63) is 11.6 Å². The van der Waals surface area contributed by atoms with Crippen LogP contribution in [0.1, 0.15) is 27.2 Å². The predicted molar refractivity (Wildman–Crippen MR) is 62.2 cm³/mol.